The first kappa shape index (κ1) is 14.8. The van der Waals surface area contributed by atoms with Gasteiger partial charge in [-0.25, -0.2) is 4.79 Å². The molecule has 5 N–H and O–H groups in total. The Hall–Kier alpha value is -1.30. The molecule has 1 aliphatic rings. The van der Waals surface area contributed by atoms with Gasteiger partial charge in [-0.05, 0) is 19.8 Å². The Morgan fingerprint density at radius 2 is 1.94 bits per heavy atom. The fraction of sp³-hybridized carbons (Fsp3) is 0.833. The summed E-state index contributed by atoms with van der Waals surface area (Å²) in [6, 6.07) is -0.0806. The van der Waals surface area contributed by atoms with Crippen LogP contribution in [0.3, 0.4) is 0 Å². The highest BCUT2D eigenvalue weighted by Crippen LogP contribution is 2.16. The standard InChI is InChI=1S/C12H24N4O2/c1-9(7-13)15-11(17)8-14-12(18)16-10-5-3-2-4-6-10/h9-10H,2-8,13H2,1H3,(H,15,17)(H2,14,16,18)/t9-/m0/s1. The van der Waals surface area contributed by atoms with Gasteiger partial charge in [0, 0.05) is 18.6 Å². The maximum atomic E-state index is 11.5. The zero-order chi connectivity index (χ0) is 13.4. The average molecular weight is 256 g/mol. The van der Waals surface area contributed by atoms with Crippen molar-refractivity contribution in [1.82, 2.24) is 16.0 Å². The summed E-state index contributed by atoms with van der Waals surface area (Å²) in [4.78, 5) is 22.9. The summed E-state index contributed by atoms with van der Waals surface area (Å²) in [5.41, 5.74) is 5.39. The highest BCUT2D eigenvalue weighted by Gasteiger charge is 2.15. The van der Waals surface area contributed by atoms with Crippen LogP contribution in [0, 0.1) is 0 Å². The molecule has 0 aromatic heterocycles. The topological polar surface area (TPSA) is 96.2 Å². The summed E-state index contributed by atoms with van der Waals surface area (Å²) in [6.45, 7) is 2.20. The van der Waals surface area contributed by atoms with Crippen molar-refractivity contribution in [2.45, 2.75) is 51.1 Å². The van der Waals surface area contributed by atoms with E-state index in [2.05, 4.69) is 16.0 Å². The van der Waals surface area contributed by atoms with E-state index in [1.165, 1.54) is 19.3 Å². The van der Waals surface area contributed by atoms with Crippen molar-refractivity contribution in [1.29, 1.82) is 0 Å². The average Bonchev–Trinajstić information content (AvgIpc) is 2.37. The van der Waals surface area contributed by atoms with Crippen LogP contribution in [0.1, 0.15) is 39.0 Å². The van der Waals surface area contributed by atoms with Crippen molar-refractivity contribution in [3.05, 3.63) is 0 Å². The fourth-order valence-electron chi connectivity index (χ4n) is 2.03. The summed E-state index contributed by atoms with van der Waals surface area (Å²) in [5.74, 6) is -0.216. The Bertz CT molecular complexity index is 277. The molecule has 0 radical (unpaired) electrons. The van der Waals surface area contributed by atoms with Gasteiger partial charge in [-0.3, -0.25) is 4.79 Å². The van der Waals surface area contributed by atoms with Gasteiger partial charge in [0.1, 0.15) is 0 Å². The van der Waals surface area contributed by atoms with Crippen LogP contribution in [-0.2, 0) is 4.79 Å². The van der Waals surface area contributed by atoms with Crippen LogP contribution >= 0.6 is 0 Å². The zero-order valence-electron chi connectivity index (χ0n) is 11.0. The van der Waals surface area contributed by atoms with Gasteiger partial charge < -0.3 is 21.7 Å². The van der Waals surface area contributed by atoms with Gasteiger partial charge in [0.15, 0.2) is 0 Å². The molecule has 6 heteroatoms. The van der Waals surface area contributed by atoms with E-state index < -0.39 is 0 Å². The van der Waals surface area contributed by atoms with Gasteiger partial charge in [0.25, 0.3) is 0 Å². The van der Waals surface area contributed by atoms with Crippen LogP contribution in [-0.4, -0.2) is 37.1 Å². The number of carbonyl (C=O) groups is 2. The molecule has 1 fully saturated rings. The summed E-state index contributed by atoms with van der Waals surface area (Å²) in [7, 11) is 0. The molecular formula is C12H24N4O2. The predicted molar refractivity (Wildman–Crippen MR) is 70.1 cm³/mol. The zero-order valence-corrected chi connectivity index (χ0v) is 11.0. The van der Waals surface area contributed by atoms with Crippen LogP contribution in [0.25, 0.3) is 0 Å². The lowest BCUT2D eigenvalue weighted by molar-refractivity contribution is -0.120. The van der Waals surface area contributed by atoms with E-state index in [0.717, 1.165) is 12.8 Å². The lowest BCUT2D eigenvalue weighted by Gasteiger charge is -2.22. The number of carbonyl (C=O) groups excluding carboxylic acids is 2. The van der Waals surface area contributed by atoms with Gasteiger partial charge in [-0.1, -0.05) is 19.3 Å². The van der Waals surface area contributed by atoms with Crippen LogP contribution in [0.5, 0.6) is 0 Å². The molecule has 0 heterocycles. The third kappa shape index (κ3) is 5.86. The second-order valence-electron chi connectivity index (χ2n) is 4.87. The Kier molecular flexibility index (Phi) is 6.49. The molecule has 0 saturated heterocycles. The molecule has 0 unspecified atom stereocenters. The molecule has 1 rings (SSSR count). The van der Waals surface area contributed by atoms with E-state index in [9.17, 15) is 9.59 Å². The minimum Gasteiger partial charge on any atom is -0.351 e. The second-order valence-corrected chi connectivity index (χ2v) is 4.87. The summed E-state index contributed by atoms with van der Waals surface area (Å²) < 4.78 is 0. The van der Waals surface area contributed by atoms with Crippen molar-refractivity contribution in [3.63, 3.8) is 0 Å². The minimum absolute atomic E-state index is 0.0110. The van der Waals surface area contributed by atoms with Crippen LogP contribution in [0.4, 0.5) is 4.79 Å². The van der Waals surface area contributed by atoms with Crippen LogP contribution in [0.2, 0.25) is 0 Å². The SMILES string of the molecule is C[C@@H](CN)NC(=O)CNC(=O)NC1CCCCC1. The first-order chi connectivity index (χ1) is 8.61. The lowest BCUT2D eigenvalue weighted by atomic mass is 9.96. The highest BCUT2D eigenvalue weighted by molar-refractivity contribution is 5.84. The number of hydrogen-bond acceptors (Lipinski definition) is 3. The second kappa shape index (κ2) is 7.92. The van der Waals surface area contributed by atoms with Crippen molar-refractivity contribution in [3.8, 4) is 0 Å². The quantitative estimate of drug-likeness (QED) is 0.561. The molecule has 0 aromatic rings. The van der Waals surface area contributed by atoms with E-state index in [1.54, 1.807) is 0 Å². The maximum Gasteiger partial charge on any atom is 0.315 e. The highest BCUT2D eigenvalue weighted by atomic mass is 16.2. The molecule has 0 bridgehead atoms. The summed E-state index contributed by atoms with van der Waals surface area (Å²) in [6.07, 6.45) is 5.64. The summed E-state index contributed by atoms with van der Waals surface area (Å²) in [5, 5.41) is 8.13. The molecule has 0 aliphatic heterocycles. The number of amides is 3. The van der Waals surface area contributed by atoms with Crippen molar-refractivity contribution in [2.24, 2.45) is 5.73 Å². The van der Waals surface area contributed by atoms with E-state index in [-0.39, 0.29) is 30.6 Å². The van der Waals surface area contributed by atoms with Gasteiger partial charge >= 0.3 is 6.03 Å². The third-order valence-electron chi connectivity index (χ3n) is 3.11. The number of rotatable bonds is 5. The van der Waals surface area contributed by atoms with E-state index in [0.29, 0.717) is 6.54 Å². The number of urea groups is 1. The predicted octanol–water partition coefficient (Wildman–Crippen LogP) is 0.0817. The van der Waals surface area contributed by atoms with E-state index in [1.807, 2.05) is 6.92 Å². The Morgan fingerprint density at radius 3 is 2.56 bits per heavy atom. The van der Waals surface area contributed by atoms with Crippen molar-refractivity contribution >= 4 is 11.9 Å². The lowest BCUT2D eigenvalue weighted by Crippen LogP contribution is -2.48. The molecule has 104 valence electrons. The number of nitrogens with one attached hydrogen (secondary N) is 3. The fourth-order valence-corrected chi connectivity index (χ4v) is 2.03. The van der Waals surface area contributed by atoms with E-state index >= 15 is 0 Å². The van der Waals surface area contributed by atoms with Crippen molar-refractivity contribution < 1.29 is 9.59 Å². The minimum atomic E-state index is -0.266. The largest absolute Gasteiger partial charge is 0.351 e. The van der Waals surface area contributed by atoms with Crippen LogP contribution < -0.4 is 21.7 Å². The number of hydrogen-bond donors (Lipinski definition) is 4. The van der Waals surface area contributed by atoms with Gasteiger partial charge in [0.2, 0.25) is 5.91 Å². The molecule has 3 amide bonds. The molecule has 1 saturated carbocycles. The maximum absolute atomic E-state index is 11.5. The molecule has 6 nitrogen and oxygen atoms in total. The Labute approximate surface area is 108 Å². The normalized spacial score (nSPS) is 17.9. The van der Waals surface area contributed by atoms with Gasteiger partial charge in [-0.2, -0.15) is 0 Å². The Morgan fingerprint density at radius 1 is 1.28 bits per heavy atom. The molecule has 0 aromatic carbocycles. The number of nitrogens with two attached hydrogens (primary N) is 1. The first-order valence-corrected chi connectivity index (χ1v) is 6.65. The molecule has 1 atom stereocenters. The molecule has 0 spiro atoms. The molecule has 1 aliphatic carbocycles. The monoisotopic (exact) mass is 256 g/mol. The van der Waals surface area contributed by atoms with Gasteiger partial charge in [-0.15, -0.1) is 0 Å². The molecule has 18 heavy (non-hydrogen) atoms. The van der Waals surface area contributed by atoms with E-state index in [4.69, 9.17) is 5.73 Å². The Balaban J connectivity index is 2.14. The van der Waals surface area contributed by atoms with Crippen LogP contribution in [0.15, 0.2) is 0 Å². The first-order valence-electron chi connectivity index (χ1n) is 6.65. The molecular weight excluding hydrogens is 232 g/mol. The van der Waals surface area contributed by atoms with Gasteiger partial charge in [0.05, 0.1) is 6.54 Å². The smallest absolute Gasteiger partial charge is 0.315 e. The van der Waals surface area contributed by atoms with Crippen molar-refractivity contribution in [2.75, 3.05) is 13.1 Å². The summed E-state index contributed by atoms with van der Waals surface area (Å²) >= 11 is 0. The third-order valence-corrected chi connectivity index (χ3v) is 3.11.